The van der Waals surface area contributed by atoms with Gasteiger partial charge < -0.3 is 29.4 Å². The van der Waals surface area contributed by atoms with Crippen molar-refractivity contribution in [1.29, 1.82) is 0 Å². The highest BCUT2D eigenvalue weighted by molar-refractivity contribution is 5.94. The molecule has 0 aliphatic rings. The second kappa shape index (κ2) is 20.0. The number of amides is 1. The number of pyridine rings is 2. The van der Waals surface area contributed by atoms with Gasteiger partial charge in [0.05, 0.1) is 12.1 Å². The number of hydrogen-bond donors (Lipinski definition) is 3. The molecule has 10 heteroatoms. The van der Waals surface area contributed by atoms with Gasteiger partial charge in [0.25, 0.3) is 17.0 Å². The van der Waals surface area contributed by atoms with Gasteiger partial charge in [0.1, 0.15) is 23.0 Å². The zero-order valence-electron chi connectivity index (χ0n) is 32.0. The van der Waals surface area contributed by atoms with Gasteiger partial charge in [-0.3, -0.25) is 14.4 Å². The molecule has 2 heterocycles. The fourth-order valence-corrected chi connectivity index (χ4v) is 5.63. The van der Waals surface area contributed by atoms with Crippen LogP contribution in [0.3, 0.4) is 0 Å². The lowest BCUT2D eigenvalue weighted by Gasteiger charge is -2.18. The van der Waals surface area contributed by atoms with E-state index >= 15 is 0 Å². The summed E-state index contributed by atoms with van der Waals surface area (Å²) < 4.78 is 11.3. The number of carboxylic acids is 1. The van der Waals surface area contributed by atoms with Crippen LogP contribution >= 0.6 is 0 Å². The first-order chi connectivity index (χ1) is 26.3. The van der Waals surface area contributed by atoms with Gasteiger partial charge in [-0.15, -0.1) is 0 Å². The Kier molecular flexibility index (Phi) is 14.9. The lowest BCUT2D eigenvalue weighted by Crippen LogP contribution is -2.30. The number of hydrogen-bond acceptors (Lipinski definition) is 6. The van der Waals surface area contributed by atoms with Crippen LogP contribution in [-0.4, -0.2) is 38.9 Å². The molecule has 1 amide bonds. The summed E-state index contributed by atoms with van der Waals surface area (Å²) in [6, 6.07) is 36.0. The molecule has 0 saturated carbocycles. The van der Waals surface area contributed by atoms with E-state index < -0.39 is 5.97 Å². The number of ether oxygens (including phenoxy) is 2. The SMILES string of the molecule is CCCc1c(C)cc(C)[nH]c1=O.Cc1cc(C)c(CN(C)C(=O)c2ccc(Oc3ccccc3)cc2)c(=O)[nH]1.O=C(O)c1ccc(Oc2ccccc2)cc1. The molecule has 2 aromatic heterocycles. The van der Waals surface area contributed by atoms with Crippen LogP contribution in [0.15, 0.2) is 131 Å². The smallest absolute Gasteiger partial charge is 0.335 e. The molecule has 6 aromatic rings. The van der Waals surface area contributed by atoms with Crippen LogP contribution in [0.25, 0.3) is 0 Å². The number of carbonyl (C=O) groups excluding carboxylic acids is 1. The van der Waals surface area contributed by atoms with Gasteiger partial charge in [-0.25, -0.2) is 4.79 Å². The Labute approximate surface area is 321 Å². The zero-order valence-corrected chi connectivity index (χ0v) is 32.0. The van der Waals surface area contributed by atoms with Gasteiger partial charge in [0.2, 0.25) is 0 Å². The van der Waals surface area contributed by atoms with Gasteiger partial charge in [-0.05, 0) is 130 Å². The van der Waals surface area contributed by atoms with Crippen LogP contribution in [0.5, 0.6) is 23.0 Å². The largest absolute Gasteiger partial charge is 0.478 e. The quantitative estimate of drug-likeness (QED) is 0.127. The summed E-state index contributed by atoms with van der Waals surface area (Å²) in [5.41, 5.74) is 5.98. The highest BCUT2D eigenvalue weighted by Gasteiger charge is 2.15. The Bertz CT molecular complexity index is 2280. The van der Waals surface area contributed by atoms with Gasteiger partial charge in [0, 0.05) is 35.1 Å². The summed E-state index contributed by atoms with van der Waals surface area (Å²) in [7, 11) is 1.69. The summed E-state index contributed by atoms with van der Waals surface area (Å²) >= 11 is 0. The molecule has 284 valence electrons. The molecule has 3 N–H and O–H groups in total. The first kappa shape index (κ1) is 41.1. The second-order valence-corrected chi connectivity index (χ2v) is 13.0. The van der Waals surface area contributed by atoms with E-state index in [1.165, 1.54) is 12.1 Å². The minimum atomic E-state index is -0.939. The van der Waals surface area contributed by atoms with Crippen LogP contribution in [0.1, 0.15) is 67.7 Å². The Balaban J connectivity index is 0.000000203. The third kappa shape index (κ3) is 12.5. The van der Waals surface area contributed by atoms with E-state index in [0.717, 1.165) is 52.4 Å². The number of nitrogens with zero attached hydrogens (tertiary/aromatic N) is 1. The van der Waals surface area contributed by atoms with Crippen LogP contribution in [0, 0.1) is 27.7 Å². The van der Waals surface area contributed by atoms with Crippen molar-refractivity contribution < 1.29 is 24.2 Å². The molecule has 0 atom stereocenters. The van der Waals surface area contributed by atoms with Crippen molar-refractivity contribution in [1.82, 2.24) is 14.9 Å². The number of carboxylic acid groups (broad SMARTS) is 1. The Morgan fingerprint density at radius 3 is 1.40 bits per heavy atom. The average molecular weight is 742 g/mol. The fraction of sp³-hybridized carbons (Fsp3) is 0.200. The first-order valence-corrected chi connectivity index (χ1v) is 17.9. The maximum Gasteiger partial charge on any atom is 0.335 e. The molecule has 0 unspecified atom stereocenters. The monoisotopic (exact) mass is 741 g/mol. The van der Waals surface area contributed by atoms with E-state index in [0.29, 0.717) is 22.6 Å². The summed E-state index contributed by atoms with van der Waals surface area (Å²) in [5, 5.41) is 8.72. The molecule has 0 spiro atoms. The highest BCUT2D eigenvalue weighted by atomic mass is 16.5. The molecule has 0 aliphatic carbocycles. The van der Waals surface area contributed by atoms with Crippen molar-refractivity contribution in [3.8, 4) is 23.0 Å². The van der Waals surface area contributed by atoms with Gasteiger partial charge >= 0.3 is 5.97 Å². The topological polar surface area (TPSA) is 142 Å². The van der Waals surface area contributed by atoms with Crippen molar-refractivity contribution in [2.24, 2.45) is 0 Å². The van der Waals surface area contributed by atoms with Gasteiger partial charge in [-0.1, -0.05) is 49.7 Å². The number of nitrogens with one attached hydrogen (secondary N) is 2. The lowest BCUT2D eigenvalue weighted by molar-refractivity contribution is 0.0696. The van der Waals surface area contributed by atoms with Crippen LogP contribution < -0.4 is 20.6 Å². The number of aromatic amines is 2. The Morgan fingerprint density at radius 1 is 0.600 bits per heavy atom. The zero-order chi connectivity index (χ0) is 39.9. The van der Waals surface area contributed by atoms with E-state index in [1.807, 2.05) is 100 Å². The van der Waals surface area contributed by atoms with Crippen LogP contribution in [0.2, 0.25) is 0 Å². The molecule has 6 rings (SSSR count). The normalized spacial score (nSPS) is 10.2. The number of para-hydroxylation sites is 2. The molecule has 55 heavy (non-hydrogen) atoms. The number of aryl methyl sites for hydroxylation is 4. The summed E-state index contributed by atoms with van der Waals surface area (Å²) in [5.74, 6) is 1.66. The minimum absolute atomic E-state index is 0.0781. The number of H-pyrrole nitrogens is 2. The number of benzene rings is 4. The van der Waals surface area contributed by atoms with E-state index in [4.69, 9.17) is 14.6 Å². The molecule has 0 fully saturated rings. The van der Waals surface area contributed by atoms with Crippen molar-refractivity contribution >= 4 is 11.9 Å². The van der Waals surface area contributed by atoms with Crippen molar-refractivity contribution in [3.63, 3.8) is 0 Å². The summed E-state index contributed by atoms with van der Waals surface area (Å²) in [4.78, 5) is 54.0. The average Bonchev–Trinajstić information content (AvgIpc) is 3.16. The number of aromatic nitrogens is 2. The maximum atomic E-state index is 12.7. The van der Waals surface area contributed by atoms with Gasteiger partial charge in [0.15, 0.2) is 0 Å². The second-order valence-electron chi connectivity index (χ2n) is 13.0. The molecular weight excluding hydrogens is 695 g/mol. The predicted molar refractivity (Wildman–Crippen MR) is 216 cm³/mol. The van der Waals surface area contributed by atoms with Crippen LogP contribution in [-0.2, 0) is 13.0 Å². The van der Waals surface area contributed by atoms with Crippen LogP contribution in [0.4, 0.5) is 0 Å². The Hall–Kier alpha value is -6.68. The third-order valence-corrected chi connectivity index (χ3v) is 8.39. The van der Waals surface area contributed by atoms with E-state index in [2.05, 4.69) is 16.9 Å². The minimum Gasteiger partial charge on any atom is -0.478 e. The number of carbonyl (C=O) groups is 2. The van der Waals surface area contributed by atoms with E-state index in [9.17, 15) is 19.2 Å². The molecule has 4 aromatic carbocycles. The van der Waals surface area contributed by atoms with Gasteiger partial charge in [-0.2, -0.15) is 0 Å². The summed E-state index contributed by atoms with van der Waals surface area (Å²) in [6.45, 7) is 9.95. The fourth-order valence-electron chi connectivity index (χ4n) is 5.63. The number of rotatable bonds is 10. The standard InChI is InChI=1S/C22H22N2O3.C13H10O3.C10H15NO/c1-15-13-16(2)23-21(25)20(15)14-24(3)22(26)17-9-11-19(12-10-17)27-18-7-5-4-6-8-18;14-13(15)10-6-8-12(9-7-10)16-11-4-2-1-3-5-11;1-4-5-9-7(2)6-8(3)11-10(9)12/h4-13H,14H2,1-3H3,(H,23,25);1-9H,(H,14,15);6H,4-5H2,1-3H3,(H,11,12). The van der Waals surface area contributed by atoms with Crippen molar-refractivity contribution in [2.45, 2.75) is 54.0 Å². The van der Waals surface area contributed by atoms with E-state index in [1.54, 1.807) is 48.3 Å². The summed E-state index contributed by atoms with van der Waals surface area (Å²) in [6.07, 6.45) is 1.90. The first-order valence-electron chi connectivity index (χ1n) is 17.9. The number of aromatic carboxylic acids is 1. The molecule has 0 aliphatic heterocycles. The predicted octanol–water partition coefficient (Wildman–Crippen LogP) is 9.18. The Morgan fingerprint density at radius 2 is 1.00 bits per heavy atom. The maximum absolute atomic E-state index is 12.7. The van der Waals surface area contributed by atoms with E-state index in [-0.39, 0.29) is 29.1 Å². The third-order valence-electron chi connectivity index (χ3n) is 8.39. The molecule has 0 saturated heterocycles. The molecular formula is C45H47N3O7. The highest BCUT2D eigenvalue weighted by Crippen LogP contribution is 2.23. The molecule has 10 nitrogen and oxygen atoms in total. The lowest BCUT2D eigenvalue weighted by atomic mass is 10.1. The molecule has 0 bridgehead atoms. The van der Waals surface area contributed by atoms with Crippen molar-refractivity contribution in [3.05, 3.63) is 187 Å². The molecule has 0 radical (unpaired) electrons. The van der Waals surface area contributed by atoms with Crippen molar-refractivity contribution in [2.75, 3.05) is 7.05 Å².